The van der Waals surface area contributed by atoms with Crippen LogP contribution >= 0.6 is 0 Å². The summed E-state index contributed by atoms with van der Waals surface area (Å²) >= 11 is 0. The lowest BCUT2D eigenvalue weighted by Crippen LogP contribution is -2.45. The summed E-state index contributed by atoms with van der Waals surface area (Å²) in [5.74, 6) is -0.274. The summed E-state index contributed by atoms with van der Waals surface area (Å²) in [5.41, 5.74) is 5.80. The number of esters is 1. The highest BCUT2D eigenvalue weighted by Gasteiger charge is 2.26. The number of ether oxygens (including phenoxy) is 2. The minimum Gasteiger partial charge on any atom is -0.464 e. The van der Waals surface area contributed by atoms with Crippen LogP contribution < -0.4 is 5.73 Å². The second kappa shape index (κ2) is 8.48. The van der Waals surface area contributed by atoms with Gasteiger partial charge in [0, 0.05) is 5.54 Å². The van der Waals surface area contributed by atoms with Gasteiger partial charge in [0.05, 0.1) is 13.2 Å². The molecule has 0 aromatic carbocycles. The van der Waals surface area contributed by atoms with E-state index in [0.717, 1.165) is 19.3 Å². The molecule has 0 fully saturated rings. The predicted molar refractivity (Wildman–Crippen MR) is 68.8 cm³/mol. The van der Waals surface area contributed by atoms with Crippen LogP contribution in [0.25, 0.3) is 0 Å². The van der Waals surface area contributed by atoms with E-state index in [-0.39, 0.29) is 11.5 Å². The molecule has 1 atom stereocenters. The van der Waals surface area contributed by atoms with E-state index in [1.165, 1.54) is 0 Å². The van der Waals surface area contributed by atoms with Crippen LogP contribution in [0.5, 0.6) is 0 Å². The third-order valence-electron chi connectivity index (χ3n) is 3.08. The minimum atomic E-state index is -0.471. The summed E-state index contributed by atoms with van der Waals surface area (Å²) in [7, 11) is 0. The molecule has 0 aliphatic rings. The Morgan fingerprint density at radius 1 is 1.24 bits per heavy atom. The Bertz CT molecular complexity index is 215. The van der Waals surface area contributed by atoms with E-state index >= 15 is 0 Å². The van der Waals surface area contributed by atoms with E-state index in [1.807, 2.05) is 20.8 Å². The minimum absolute atomic E-state index is 0.274. The molecule has 0 rings (SSSR count). The van der Waals surface area contributed by atoms with E-state index in [2.05, 4.69) is 0 Å². The van der Waals surface area contributed by atoms with Crippen molar-refractivity contribution in [3.8, 4) is 0 Å². The van der Waals surface area contributed by atoms with E-state index in [4.69, 9.17) is 15.2 Å². The van der Waals surface area contributed by atoms with Crippen LogP contribution in [0, 0.1) is 0 Å². The molecule has 0 saturated carbocycles. The maximum absolute atomic E-state index is 11.6. The Kier molecular flexibility index (Phi) is 8.17. The van der Waals surface area contributed by atoms with Gasteiger partial charge in [-0.1, -0.05) is 27.2 Å². The smallest absolute Gasteiger partial charge is 0.335 e. The highest BCUT2D eigenvalue weighted by atomic mass is 16.6. The van der Waals surface area contributed by atoms with Crippen molar-refractivity contribution in [2.45, 2.75) is 65.0 Å². The number of hydrogen-bond donors (Lipinski definition) is 1. The first-order chi connectivity index (χ1) is 8.02. The molecule has 0 amide bonds. The van der Waals surface area contributed by atoms with Crippen molar-refractivity contribution >= 4 is 5.97 Å². The van der Waals surface area contributed by atoms with Gasteiger partial charge in [-0.05, 0) is 26.2 Å². The number of rotatable bonds is 9. The predicted octanol–water partition coefficient (Wildman–Crippen LogP) is 2.25. The Balaban J connectivity index is 4.30. The van der Waals surface area contributed by atoms with Gasteiger partial charge in [-0.3, -0.25) is 0 Å². The molecule has 0 radical (unpaired) electrons. The van der Waals surface area contributed by atoms with Crippen LogP contribution in [0.1, 0.15) is 53.4 Å². The standard InChI is InChI=1S/C13H27NO3/c1-5-9-11(12(15)16-8-4)17-10-13(14,6-2)7-3/h11H,5-10,14H2,1-4H3. The first kappa shape index (κ1) is 16.4. The van der Waals surface area contributed by atoms with Gasteiger partial charge in [0.1, 0.15) is 0 Å². The average molecular weight is 245 g/mol. The zero-order chi connectivity index (χ0) is 13.3. The Labute approximate surface area is 105 Å². The molecule has 17 heavy (non-hydrogen) atoms. The summed E-state index contributed by atoms with van der Waals surface area (Å²) in [6.45, 7) is 8.68. The Hall–Kier alpha value is -0.610. The average Bonchev–Trinajstić information content (AvgIpc) is 2.34. The molecule has 4 nitrogen and oxygen atoms in total. The molecule has 0 spiro atoms. The van der Waals surface area contributed by atoms with E-state index in [0.29, 0.717) is 19.6 Å². The quantitative estimate of drug-likeness (QED) is 0.633. The van der Waals surface area contributed by atoms with Crippen LogP contribution in [-0.4, -0.2) is 30.8 Å². The summed E-state index contributed by atoms with van der Waals surface area (Å²) in [6.07, 6.45) is 2.78. The summed E-state index contributed by atoms with van der Waals surface area (Å²) in [6, 6.07) is 0. The zero-order valence-corrected chi connectivity index (χ0v) is 11.6. The molecule has 102 valence electrons. The van der Waals surface area contributed by atoms with Crippen molar-refractivity contribution in [2.75, 3.05) is 13.2 Å². The van der Waals surface area contributed by atoms with Gasteiger partial charge in [0.2, 0.25) is 0 Å². The molecule has 4 heteroatoms. The number of carbonyl (C=O) groups is 1. The molecule has 0 saturated heterocycles. The Morgan fingerprint density at radius 3 is 2.24 bits per heavy atom. The van der Waals surface area contributed by atoms with Gasteiger partial charge < -0.3 is 15.2 Å². The molecule has 0 aromatic rings. The summed E-state index contributed by atoms with van der Waals surface area (Å²) < 4.78 is 10.6. The van der Waals surface area contributed by atoms with Crippen LogP contribution in [0.2, 0.25) is 0 Å². The first-order valence-corrected chi connectivity index (χ1v) is 6.60. The largest absolute Gasteiger partial charge is 0.464 e. The van der Waals surface area contributed by atoms with Crippen molar-refractivity contribution in [1.29, 1.82) is 0 Å². The SMILES string of the molecule is CCCC(OCC(N)(CC)CC)C(=O)OCC. The lowest BCUT2D eigenvalue weighted by Gasteiger charge is -2.28. The maximum atomic E-state index is 11.6. The third-order valence-corrected chi connectivity index (χ3v) is 3.08. The molecular formula is C13H27NO3. The number of carbonyl (C=O) groups excluding carboxylic acids is 1. The zero-order valence-electron chi connectivity index (χ0n) is 11.6. The van der Waals surface area contributed by atoms with Gasteiger partial charge in [0.15, 0.2) is 6.10 Å². The van der Waals surface area contributed by atoms with Crippen LogP contribution in [0.3, 0.4) is 0 Å². The third kappa shape index (κ3) is 6.03. The van der Waals surface area contributed by atoms with Crippen molar-refractivity contribution in [1.82, 2.24) is 0 Å². The highest BCUT2D eigenvalue weighted by molar-refractivity contribution is 5.74. The lowest BCUT2D eigenvalue weighted by molar-refractivity contribution is -0.158. The van der Waals surface area contributed by atoms with Gasteiger partial charge in [-0.25, -0.2) is 4.79 Å². The first-order valence-electron chi connectivity index (χ1n) is 6.60. The molecule has 0 bridgehead atoms. The molecule has 0 aromatic heterocycles. The fraction of sp³-hybridized carbons (Fsp3) is 0.923. The lowest BCUT2D eigenvalue weighted by atomic mass is 9.95. The molecule has 0 aliphatic carbocycles. The molecular weight excluding hydrogens is 218 g/mol. The molecule has 1 unspecified atom stereocenters. The molecule has 0 aliphatic heterocycles. The van der Waals surface area contributed by atoms with Crippen molar-refractivity contribution < 1.29 is 14.3 Å². The molecule has 0 heterocycles. The fourth-order valence-electron chi connectivity index (χ4n) is 1.49. The summed E-state index contributed by atoms with van der Waals surface area (Å²) in [5, 5.41) is 0. The second-order valence-electron chi connectivity index (χ2n) is 4.41. The summed E-state index contributed by atoms with van der Waals surface area (Å²) in [4.78, 5) is 11.6. The normalized spacial score (nSPS) is 13.5. The van der Waals surface area contributed by atoms with Gasteiger partial charge in [-0.15, -0.1) is 0 Å². The van der Waals surface area contributed by atoms with Gasteiger partial charge in [-0.2, -0.15) is 0 Å². The van der Waals surface area contributed by atoms with Crippen LogP contribution in [-0.2, 0) is 14.3 Å². The topological polar surface area (TPSA) is 61.5 Å². The van der Waals surface area contributed by atoms with E-state index < -0.39 is 6.10 Å². The monoisotopic (exact) mass is 245 g/mol. The second-order valence-corrected chi connectivity index (χ2v) is 4.41. The van der Waals surface area contributed by atoms with Crippen molar-refractivity contribution in [3.05, 3.63) is 0 Å². The maximum Gasteiger partial charge on any atom is 0.335 e. The van der Waals surface area contributed by atoms with Crippen molar-refractivity contribution in [2.24, 2.45) is 5.73 Å². The van der Waals surface area contributed by atoms with Crippen molar-refractivity contribution in [3.63, 3.8) is 0 Å². The molecule has 2 N–H and O–H groups in total. The highest BCUT2D eigenvalue weighted by Crippen LogP contribution is 2.14. The van der Waals surface area contributed by atoms with Gasteiger partial charge >= 0.3 is 5.97 Å². The fourth-order valence-corrected chi connectivity index (χ4v) is 1.49. The number of nitrogens with two attached hydrogens (primary N) is 1. The Morgan fingerprint density at radius 2 is 1.82 bits per heavy atom. The van der Waals surface area contributed by atoms with Crippen LogP contribution in [0.15, 0.2) is 0 Å². The number of hydrogen-bond acceptors (Lipinski definition) is 4. The van der Waals surface area contributed by atoms with E-state index in [1.54, 1.807) is 6.92 Å². The van der Waals surface area contributed by atoms with Crippen LogP contribution in [0.4, 0.5) is 0 Å². The van der Waals surface area contributed by atoms with Gasteiger partial charge in [0.25, 0.3) is 0 Å². The van der Waals surface area contributed by atoms with E-state index in [9.17, 15) is 4.79 Å².